The normalized spacial score (nSPS) is 36.2. The number of anilines is 1. The predicted octanol–water partition coefficient (Wildman–Crippen LogP) is 3.47. The zero-order chi connectivity index (χ0) is 31.0. The molecule has 8 bridgehead atoms. The van der Waals surface area contributed by atoms with Crippen LogP contribution in [0.2, 0.25) is 0 Å². The van der Waals surface area contributed by atoms with E-state index in [1.807, 2.05) is 12.3 Å². The Balaban J connectivity index is 1.18. The first kappa shape index (κ1) is 29.2. The topological polar surface area (TPSA) is 109 Å². The van der Waals surface area contributed by atoms with E-state index in [4.69, 9.17) is 36.4 Å². The summed E-state index contributed by atoms with van der Waals surface area (Å²) in [5, 5.41) is 9.74. The van der Waals surface area contributed by atoms with Gasteiger partial charge in [-0.3, -0.25) is 20.7 Å². The summed E-state index contributed by atoms with van der Waals surface area (Å²) < 4.78 is 38.0. The lowest BCUT2D eigenvalue weighted by molar-refractivity contribution is 0.107. The van der Waals surface area contributed by atoms with Crippen LogP contribution >= 0.6 is 11.6 Å². The molecular formula is C32H39ClF2N10O. The molecule has 11 nitrogen and oxygen atoms in total. The number of halogens is 3. The maximum atomic E-state index is 17.1. The molecule has 1 saturated carbocycles. The molecule has 6 unspecified atom stereocenters. The van der Waals surface area contributed by atoms with Crippen LogP contribution in [-0.2, 0) is 6.54 Å². The molecule has 4 saturated heterocycles. The van der Waals surface area contributed by atoms with Gasteiger partial charge in [-0.05, 0) is 44.6 Å². The van der Waals surface area contributed by atoms with Crippen molar-refractivity contribution >= 4 is 28.3 Å². The first-order valence-corrected chi connectivity index (χ1v) is 17.2. The zero-order valence-electron chi connectivity index (χ0n) is 25.7. The van der Waals surface area contributed by atoms with E-state index in [0.717, 1.165) is 50.9 Å². The molecule has 6 aliphatic heterocycles. The Hall–Kier alpha value is -3.00. The van der Waals surface area contributed by atoms with Crippen molar-refractivity contribution in [2.45, 2.75) is 80.0 Å². The van der Waals surface area contributed by atoms with Crippen LogP contribution < -0.4 is 20.5 Å². The third-order valence-corrected chi connectivity index (χ3v) is 11.9. The fourth-order valence-corrected chi connectivity index (χ4v) is 9.67. The van der Waals surface area contributed by atoms with E-state index in [1.54, 1.807) is 11.0 Å². The van der Waals surface area contributed by atoms with Crippen molar-refractivity contribution in [3.8, 4) is 6.01 Å². The Bertz CT molecular complexity index is 1670. The summed E-state index contributed by atoms with van der Waals surface area (Å²) >= 11 is 7.06. The molecule has 2 N–H and O–H groups in total. The van der Waals surface area contributed by atoms with Gasteiger partial charge in [0.05, 0.1) is 35.1 Å². The van der Waals surface area contributed by atoms with Crippen molar-refractivity contribution in [3.05, 3.63) is 41.8 Å². The molecular weight excluding hydrogens is 614 g/mol. The Morgan fingerprint density at radius 2 is 2.09 bits per heavy atom. The number of hydrogen-bond donors (Lipinski definition) is 2. The molecule has 5 fully saturated rings. The first-order valence-electron chi connectivity index (χ1n) is 16.8. The summed E-state index contributed by atoms with van der Waals surface area (Å²) in [6.45, 7) is 4.16. The highest BCUT2D eigenvalue weighted by molar-refractivity contribution is 6.21. The minimum atomic E-state index is -0.871. The lowest BCUT2D eigenvalue weighted by Gasteiger charge is -2.41. The van der Waals surface area contributed by atoms with Crippen molar-refractivity contribution in [2.75, 3.05) is 44.2 Å². The van der Waals surface area contributed by atoms with E-state index in [1.165, 1.54) is 0 Å². The minimum Gasteiger partial charge on any atom is -0.461 e. The summed E-state index contributed by atoms with van der Waals surface area (Å²) in [7, 11) is 0. The van der Waals surface area contributed by atoms with Gasteiger partial charge in [-0.15, -0.1) is 11.6 Å². The number of alkyl halides is 2. The van der Waals surface area contributed by atoms with Crippen LogP contribution in [0.5, 0.6) is 6.01 Å². The number of aromatic nitrogens is 6. The standard InChI is InChI=1S/C32H39ClF2N10O/c33-23-10-24-21(13-37-41-24)26-20(23)5-2-9-45-38-14-25(42-45)18-4-1-7-43(15-18)30-22-12-36-29(26)27(35)28(22)39-31(40-30)46-17-32-6-3-8-44(32)16-19(34)11-32/h2,5,12,14,18-21,23-24,26,37,41H,1,3-4,6-11,13,15-17H2/b5-2+/t18?,19-,20?,21?,23?,24?,26?,32+/m1/s1. The van der Waals surface area contributed by atoms with Gasteiger partial charge in [-0.25, -0.2) is 8.78 Å². The van der Waals surface area contributed by atoms with Gasteiger partial charge in [0.15, 0.2) is 5.82 Å². The predicted molar refractivity (Wildman–Crippen MR) is 168 cm³/mol. The van der Waals surface area contributed by atoms with Crippen LogP contribution in [0.1, 0.15) is 61.7 Å². The molecule has 0 amide bonds. The number of pyridine rings is 1. The third-order valence-electron chi connectivity index (χ3n) is 11.5. The molecule has 1 aliphatic carbocycles. The number of ether oxygens (including phenoxy) is 1. The van der Waals surface area contributed by atoms with Crippen molar-refractivity contribution < 1.29 is 13.5 Å². The summed E-state index contributed by atoms with van der Waals surface area (Å²) in [6, 6.07) is 0.216. The summed E-state index contributed by atoms with van der Waals surface area (Å²) in [4.78, 5) is 20.6. The van der Waals surface area contributed by atoms with E-state index in [0.29, 0.717) is 49.5 Å². The Morgan fingerprint density at radius 3 is 3.02 bits per heavy atom. The number of nitrogens with one attached hydrogen (secondary N) is 2. The maximum Gasteiger partial charge on any atom is 0.319 e. The molecule has 7 aliphatic rings. The van der Waals surface area contributed by atoms with E-state index in [2.05, 4.69) is 31.8 Å². The largest absolute Gasteiger partial charge is 0.461 e. The first-order chi connectivity index (χ1) is 22.5. The van der Waals surface area contributed by atoms with E-state index >= 15 is 4.39 Å². The fourth-order valence-electron chi connectivity index (χ4n) is 9.23. The van der Waals surface area contributed by atoms with E-state index < -0.39 is 12.0 Å². The maximum absolute atomic E-state index is 17.1. The van der Waals surface area contributed by atoms with Crippen molar-refractivity contribution in [3.63, 3.8) is 0 Å². The second-order valence-electron chi connectivity index (χ2n) is 14.1. The molecule has 14 heteroatoms. The van der Waals surface area contributed by atoms with Gasteiger partial charge in [0.2, 0.25) is 0 Å². The van der Waals surface area contributed by atoms with Gasteiger partial charge < -0.3 is 9.64 Å². The van der Waals surface area contributed by atoms with Crippen LogP contribution in [0, 0.1) is 17.7 Å². The monoisotopic (exact) mass is 652 g/mol. The van der Waals surface area contributed by atoms with Crippen LogP contribution in [0.3, 0.4) is 0 Å². The molecule has 46 heavy (non-hydrogen) atoms. The highest BCUT2D eigenvalue weighted by Gasteiger charge is 2.50. The molecule has 3 aromatic rings. The number of nitrogens with zero attached hydrogens (tertiary/aromatic N) is 8. The number of allylic oxidation sites excluding steroid dienone is 2. The molecule has 244 valence electrons. The van der Waals surface area contributed by atoms with Crippen molar-refractivity contribution in [1.82, 2.24) is 45.7 Å². The quantitative estimate of drug-likeness (QED) is 0.323. The zero-order valence-corrected chi connectivity index (χ0v) is 26.4. The van der Waals surface area contributed by atoms with Crippen LogP contribution in [0.4, 0.5) is 14.6 Å². The van der Waals surface area contributed by atoms with Gasteiger partial charge in [-0.1, -0.05) is 12.2 Å². The average Bonchev–Trinajstić information content (AvgIpc) is 3.85. The van der Waals surface area contributed by atoms with Gasteiger partial charge in [-0.2, -0.15) is 25.0 Å². The Morgan fingerprint density at radius 1 is 1.15 bits per heavy atom. The number of hydrogen-bond acceptors (Lipinski definition) is 10. The lowest BCUT2D eigenvalue weighted by atomic mass is 9.68. The lowest BCUT2D eigenvalue weighted by Crippen LogP contribution is -2.45. The molecule has 10 rings (SSSR count). The van der Waals surface area contributed by atoms with Crippen molar-refractivity contribution in [1.29, 1.82) is 0 Å². The van der Waals surface area contributed by atoms with E-state index in [9.17, 15) is 4.39 Å². The smallest absolute Gasteiger partial charge is 0.319 e. The molecule has 9 heterocycles. The molecule has 0 aromatic carbocycles. The van der Waals surface area contributed by atoms with Gasteiger partial charge >= 0.3 is 6.01 Å². The summed E-state index contributed by atoms with van der Waals surface area (Å²) in [5.41, 5.74) is 7.77. The number of fused-ring (bicyclic) bond motifs is 4. The summed E-state index contributed by atoms with van der Waals surface area (Å²) in [5.74, 6) is -0.0580. The van der Waals surface area contributed by atoms with Crippen LogP contribution in [0.15, 0.2) is 24.5 Å². The van der Waals surface area contributed by atoms with Gasteiger partial charge in [0.1, 0.15) is 24.1 Å². The molecule has 0 radical (unpaired) electrons. The second kappa shape index (κ2) is 11.3. The third kappa shape index (κ3) is 4.79. The van der Waals surface area contributed by atoms with E-state index in [-0.39, 0.29) is 58.8 Å². The fraction of sp³-hybridized carbons (Fsp3) is 0.656. The second-order valence-corrected chi connectivity index (χ2v) is 14.7. The number of rotatable bonds is 3. The highest BCUT2D eigenvalue weighted by atomic mass is 35.5. The number of piperidine rings is 1. The van der Waals surface area contributed by atoms with Crippen molar-refractivity contribution in [2.24, 2.45) is 11.8 Å². The van der Waals surface area contributed by atoms with Gasteiger partial charge in [0.25, 0.3) is 0 Å². The molecule has 3 aromatic heterocycles. The minimum absolute atomic E-state index is 0.0840. The van der Waals surface area contributed by atoms with Crippen LogP contribution in [0.25, 0.3) is 10.9 Å². The van der Waals surface area contributed by atoms with Crippen LogP contribution in [-0.4, -0.2) is 97.3 Å². The Labute approximate surface area is 271 Å². The average molecular weight is 653 g/mol. The highest BCUT2D eigenvalue weighted by Crippen LogP contribution is 2.47. The number of hydrazine groups is 1. The Kier molecular flexibility index (Phi) is 7.17. The molecule has 0 spiro atoms. The SMILES string of the molecule is Fc1c2ncc3c(nc(OC[C@@]45CCCN4C[C@H](F)C5)nc13)N1CCCC(C1)c1cnn(n1)C/C=C/C1C(Cl)CC3NNCC3C21. The van der Waals surface area contributed by atoms with Gasteiger partial charge in [0, 0.05) is 68.0 Å². The molecule has 8 atom stereocenters. The summed E-state index contributed by atoms with van der Waals surface area (Å²) in [6.07, 6.45) is 11.8.